The van der Waals surface area contributed by atoms with E-state index in [2.05, 4.69) is 0 Å². The molecule has 1 aliphatic rings. The first-order valence-electron chi connectivity index (χ1n) is 6.52. The van der Waals surface area contributed by atoms with E-state index in [9.17, 15) is 9.59 Å². The highest BCUT2D eigenvalue weighted by atomic mass is 16.1. The molecule has 0 amide bonds. The molecule has 0 N–H and O–H groups in total. The molecule has 1 aliphatic carbocycles. The van der Waals surface area contributed by atoms with Crippen molar-refractivity contribution < 1.29 is 9.59 Å². The highest BCUT2D eigenvalue weighted by Crippen LogP contribution is 2.30. The average molecular weight is 250 g/mol. The van der Waals surface area contributed by atoms with Crippen molar-refractivity contribution in [2.45, 2.75) is 19.3 Å². The summed E-state index contributed by atoms with van der Waals surface area (Å²) in [5.41, 5.74) is 3.20. The molecule has 2 nitrogen and oxygen atoms in total. The number of Topliss-reactive ketones (excluding diaryl/α,β-unsaturated/α-hetero) is 2. The zero-order valence-electron chi connectivity index (χ0n) is 10.6. The van der Waals surface area contributed by atoms with Crippen molar-refractivity contribution in [3.05, 3.63) is 59.7 Å². The van der Waals surface area contributed by atoms with Crippen LogP contribution in [0.25, 0.3) is 11.1 Å². The number of carbonyl (C=O) groups excluding carboxylic acids is 2. The molecule has 0 saturated carbocycles. The first-order valence-corrected chi connectivity index (χ1v) is 6.52. The van der Waals surface area contributed by atoms with Gasteiger partial charge in [0.05, 0.1) is 0 Å². The fraction of sp³-hybridized carbons (Fsp3) is 0.176. The third-order valence-corrected chi connectivity index (χ3v) is 3.55. The summed E-state index contributed by atoms with van der Waals surface area (Å²) < 4.78 is 0. The molecule has 0 aromatic heterocycles. The van der Waals surface area contributed by atoms with Gasteiger partial charge < -0.3 is 0 Å². The summed E-state index contributed by atoms with van der Waals surface area (Å²) in [6.07, 6.45) is 1.51. The lowest BCUT2D eigenvalue weighted by atomic mass is 9.92. The van der Waals surface area contributed by atoms with Gasteiger partial charge in [-0.15, -0.1) is 0 Å². The third kappa shape index (κ3) is 2.10. The number of ketones is 2. The van der Waals surface area contributed by atoms with Crippen LogP contribution in [0.3, 0.4) is 0 Å². The molecule has 0 bridgehead atoms. The van der Waals surface area contributed by atoms with Crippen LogP contribution in [-0.4, -0.2) is 11.6 Å². The molecule has 2 heteroatoms. The van der Waals surface area contributed by atoms with Gasteiger partial charge in [0.15, 0.2) is 11.6 Å². The van der Waals surface area contributed by atoms with Crippen LogP contribution in [0.15, 0.2) is 48.5 Å². The van der Waals surface area contributed by atoms with Crippen molar-refractivity contribution >= 4 is 11.6 Å². The van der Waals surface area contributed by atoms with E-state index in [0.29, 0.717) is 19.3 Å². The van der Waals surface area contributed by atoms with E-state index < -0.39 is 0 Å². The van der Waals surface area contributed by atoms with Gasteiger partial charge in [0.2, 0.25) is 0 Å². The van der Waals surface area contributed by atoms with Crippen molar-refractivity contribution in [1.82, 2.24) is 0 Å². The SMILES string of the molecule is O=C1CCCC(=O)c2ccccc2-c2ccccc21. The summed E-state index contributed by atoms with van der Waals surface area (Å²) in [5, 5.41) is 0. The van der Waals surface area contributed by atoms with Gasteiger partial charge >= 0.3 is 0 Å². The average Bonchev–Trinajstić information content (AvgIpc) is 2.51. The topological polar surface area (TPSA) is 34.1 Å². The lowest BCUT2D eigenvalue weighted by Crippen LogP contribution is -2.00. The molecule has 0 atom stereocenters. The van der Waals surface area contributed by atoms with Crippen LogP contribution in [0.1, 0.15) is 40.0 Å². The zero-order valence-corrected chi connectivity index (χ0v) is 10.6. The second-order valence-corrected chi connectivity index (χ2v) is 4.79. The Balaban J connectivity index is 2.30. The summed E-state index contributed by atoms with van der Waals surface area (Å²) in [6.45, 7) is 0. The minimum Gasteiger partial charge on any atom is -0.294 e. The Labute approximate surface area is 112 Å². The lowest BCUT2D eigenvalue weighted by molar-refractivity contribution is 0.0960. The van der Waals surface area contributed by atoms with Crippen molar-refractivity contribution in [2.24, 2.45) is 0 Å². The quantitative estimate of drug-likeness (QED) is 0.710. The Hall–Kier alpha value is -2.22. The maximum absolute atomic E-state index is 12.2. The van der Waals surface area contributed by atoms with Gasteiger partial charge in [0.25, 0.3) is 0 Å². The summed E-state index contributed by atoms with van der Waals surface area (Å²) in [5.74, 6) is 0.250. The highest BCUT2D eigenvalue weighted by Gasteiger charge is 2.20. The molecule has 94 valence electrons. The van der Waals surface area contributed by atoms with Gasteiger partial charge in [0, 0.05) is 24.0 Å². The van der Waals surface area contributed by atoms with E-state index in [1.807, 2.05) is 48.5 Å². The Morgan fingerprint density at radius 1 is 0.579 bits per heavy atom. The zero-order chi connectivity index (χ0) is 13.2. The number of fused-ring (bicyclic) bond motifs is 3. The highest BCUT2D eigenvalue weighted by molar-refractivity contribution is 6.08. The lowest BCUT2D eigenvalue weighted by Gasteiger charge is -2.10. The van der Waals surface area contributed by atoms with Crippen molar-refractivity contribution in [3.8, 4) is 11.1 Å². The van der Waals surface area contributed by atoms with E-state index in [1.165, 1.54) is 0 Å². The second kappa shape index (κ2) is 4.81. The first-order chi connectivity index (χ1) is 9.27. The number of hydrogen-bond acceptors (Lipinski definition) is 2. The Bertz CT molecular complexity index is 598. The fourth-order valence-corrected chi connectivity index (χ4v) is 2.60. The van der Waals surface area contributed by atoms with Crippen LogP contribution in [0, 0.1) is 0 Å². The predicted octanol–water partition coefficient (Wildman–Crippen LogP) is 3.90. The summed E-state index contributed by atoms with van der Waals surface area (Å²) >= 11 is 0. The number of benzene rings is 2. The molecule has 3 rings (SSSR count). The molecule has 19 heavy (non-hydrogen) atoms. The maximum Gasteiger partial charge on any atom is 0.163 e. The van der Waals surface area contributed by atoms with E-state index in [4.69, 9.17) is 0 Å². The Morgan fingerprint density at radius 2 is 0.947 bits per heavy atom. The normalized spacial score (nSPS) is 14.9. The summed E-state index contributed by atoms with van der Waals surface area (Å²) in [4.78, 5) is 24.4. The van der Waals surface area contributed by atoms with Crippen LogP contribution < -0.4 is 0 Å². The largest absolute Gasteiger partial charge is 0.294 e. The van der Waals surface area contributed by atoms with E-state index >= 15 is 0 Å². The molecule has 0 radical (unpaired) electrons. The van der Waals surface area contributed by atoms with Gasteiger partial charge in [-0.3, -0.25) is 9.59 Å². The Kier molecular flexibility index (Phi) is 3.00. The van der Waals surface area contributed by atoms with Crippen LogP contribution >= 0.6 is 0 Å². The smallest absolute Gasteiger partial charge is 0.163 e. The van der Waals surface area contributed by atoms with E-state index in [1.54, 1.807) is 0 Å². The van der Waals surface area contributed by atoms with Crippen LogP contribution in [0.4, 0.5) is 0 Å². The monoisotopic (exact) mass is 250 g/mol. The second-order valence-electron chi connectivity index (χ2n) is 4.79. The Morgan fingerprint density at radius 3 is 1.37 bits per heavy atom. The molecular weight excluding hydrogens is 236 g/mol. The molecule has 0 spiro atoms. The summed E-state index contributed by atoms with van der Waals surface area (Å²) in [6, 6.07) is 15.1. The van der Waals surface area contributed by atoms with Crippen LogP contribution in [0.5, 0.6) is 0 Å². The van der Waals surface area contributed by atoms with E-state index in [-0.39, 0.29) is 11.6 Å². The minimum atomic E-state index is 0.125. The van der Waals surface area contributed by atoms with Crippen molar-refractivity contribution in [1.29, 1.82) is 0 Å². The molecular formula is C17H14O2. The van der Waals surface area contributed by atoms with Crippen LogP contribution in [0.2, 0.25) is 0 Å². The van der Waals surface area contributed by atoms with Gasteiger partial charge in [-0.05, 0) is 17.5 Å². The summed E-state index contributed by atoms with van der Waals surface area (Å²) in [7, 11) is 0. The van der Waals surface area contributed by atoms with Gasteiger partial charge in [0.1, 0.15) is 0 Å². The third-order valence-electron chi connectivity index (χ3n) is 3.55. The molecule has 0 fully saturated rings. The van der Waals surface area contributed by atoms with Gasteiger partial charge in [-0.25, -0.2) is 0 Å². The fourth-order valence-electron chi connectivity index (χ4n) is 2.60. The standard InChI is InChI=1S/C17H14O2/c18-16-10-5-11-17(19)15-9-4-2-7-13(15)12-6-1-3-8-14(12)16/h1-4,6-9H,5,10-11H2. The minimum absolute atomic E-state index is 0.125. The number of hydrogen-bond donors (Lipinski definition) is 0. The molecule has 2 aromatic carbocycles. The van der Waals surface area contributed by atoms with Crippen molar-refractivity contribution in [2.75, 3.05) is 0 Å². The van der Waals surface area contributed by atoms with Gasteiger partial charge in [-0.2, -0.15) is 0 Å². The van der Waals surface area contributed by atoms with E-state index in [0.717, 1.165) is 22.3 Å². The van der Waals surface area contributed by atoms with Gasteiger partial charge in [-0.1, -0.05) is 48.5 Å². The molecule has 2 aromatic rings. The molecule has 0 aliphatic heterocycles. The number of rotatable bonds is 0. The number of carbonyl (C=O) groups is 2. The van der Waals surface area contributed by atoms with Crippen molar-refractivity contribution in [3.63, 3.8) is 0 Å². The molecule has 0 heterocycles. The first kappa shape index (κ1) is 11.8. The molecule has 0 saturated heterocycles. The maximum atomic E-state index is 12.2. The molecule has 0 unspecified atom stereocenters. The predicted molar refractivity (Wildman–Crippen MR) is 74.4 cm³/mol. The van der Waals surface area contributed by atoms with Crippen LogP contribution in [-0.2, 0) is 0 Å².